The van der Waals surface area contributed by atoms with Crippen molar-refractivity contribution in [3.8, 4) is 0 Å². The molecule has 0 bridgehead atoms. The Kier molecular flexibility index (Phi) is 8.22. The molecule has 0 spiro atoms. The van der Waals surface area contributed by atoms with E-state index >= 15 is 0 Å². The van der Waals surface area contributed by atoms with Crippen LogP contribution in [-0.2, 0) is 19.6 Å². The lowest BCUT2D eigenvalue weighted by molar-refractivity contribution is -0.126. The molecular formula is C19H31N3O4S. The standard InChI is InChI=1S/C19H31N3O4S/c1-15-4-5-18(14-16(15)2)27(24,25)22-11-6-17(7-12-22)19(23)21-9-8-20-10-13-26-3/h4-5,14,17,20H,6-13H2,1-3H3,(H,21,23). The van der Waals surface area contributed by atoms with Crippen molar-refractivity contribution in [2.45, 2.75) is 31.6 Å². The van der Waals surface area contributed by atoms with Crippen LogP contribution in [0.15, 0.2) is 23.1 Å². The molecule has 2 N–H and O–H groups in total. The number of amides is 1. The van der Waals surface area contributed by atoms with E-state index < -0.39 is 10.0 Å². The molecule has 0 atom stereocenters. The third kappa shape index (κ3) is 6.00. The van der Waals surface area contributed by atoms with Crippen LogP contribution >= 0.6 is 0 Å². The lowest BCUT2D eigenvalue weighted by Crippen LogP contribution is -2.44. The summed E-state index contributed by atoms with van der Waals surface area (Å²) < 4.78 is 32.1. The molecule has 1 aliphatic heterocycles. The van der Waals surface area contributed by atoms with E-state index in [0.29, 0.717) is 50.5 Å². The highest BCUT2D eigenvalue weighted by atomic mass is 32.2. The number of nitrogens with zero attached hydrogens (tertiary/aromatic N) is 1. The van der Waals surface area contributed by atoms with E-state index in [9.17, 15) is 13.2 Å². The molecule has 27 heavy (non-hydrogen) atoms. The first-order valence-corrected chi connectivity index (χ1v) is 10.8. The Balaban J connectivity index is 1.81. The van der Waals surface area contributed by atoms with E-state index in [4.69, 9.17) is 4.74 Å². The van der Waals surface area contributed by atoms with Crippen LogP contribution < -0.4 is 10.6 Å². The van der Waals surface area contributed by atoms with Crippen molar-refractivity contribution in [1.82, 2.24) is 14.9 Å². The second-order valence-corrected chi connectivity index (χ2v) is 8.90. The van der Waals surface area contributed by atoms with Crippen LogP contribution in [0.1, 0.15) is 24.0 Å². The minimum absolute atomic E-state index is 0.00627. The van der Waals surface area contributed by atoms with Crippen molar-refractivity contribution in [1.29, 1.82) is 0 Å². The Morgan fingerprint density at radius 3 is 2.48 bits per heavy atom. The number of carbonyl (C=O) groups is 1. The number of carbonyl (C=O) groups excluding carboxylic acids is 1. The van der Waals surface area contributed by atoms with Gasteiger partial charge in [-0.2, -0.15) is 4.31 Å². The average molecular weight is 398 g/mol. The molecule has 0 saturated carbocycles. The van der Waals surface area contributed by atoms with Gasteiger partial charge in [-0.1, -0.05) is 6.07 Å². The van der Waals surface area contributed by atoms with Gasteiger partial charge in [-0.3, -0.25) is 4.79 Å². The normalized spacial score (nSPS) is 16.4. The molecule has 0 aromatic heterocycles. The lowest BCUT2D eigenvalue weighted by Gasteiger charge is -2.30. The number of sulfonamides is 1. The van der Waals surface area contributed by atoms with Crippen LogP contribution in [0.5, 0.6) is 0 Å². The predicted molar refractivity (Wildman–Crippen MR) is 105 cm³/mol. The highest BCUT2D eigenvalue weighted by molar-refractivity contribution is 7.89. The number of nitrogens with one attached hydrogen (secondary N) is 2. The maximum Gasteiger partial charge on any atom is 0.243 e. The molecule has 1 saturated heterocycles. The van der Waals surface area contributed by atoms with Crippen LogP contribution in [-0.4, -0.2) is 65.1 Å². The summed E-state index contributed by atoms with van der Waals surface area (Å²) in [6.07, 6.45) is 1.10. The summed E-state index contributed by atoms with van der Waals surface area (Å²) >= 11 is 0. The lowest BCUT2D eigenvalue weighted by atomic mass is 9.97. The zero-order chi connectivity index (χ0) is 19.9. The topological polar surface area (TPSA) is 87.7 Å². The van der Waals surface area contributed by atoms with Gasteiger partial charge in [0, 0.05) is 45.8 Å². The number of aryl methyl sites for hydroxylation is 2. The van der Waals surface area contributed by atoms with E-state index in [2.05, 4.69) is 10.6 Å². The quantitative estimate of drug-likeness (QED) is 0.609. The number of piperidine rings is 1. The summed E-state index contributed by atoms with van der Waals surface area (Å²) in [5, 5.41) is 6.09. The molecule has 0 radical (unpaired) electrons. The van der Waals surface area contributed by atoms with Crippen molar-refractivity contribution < 1.29 is 17.9 Å². The minimum atomic E-state index is -3.50. The van der Waals surface area contributed by atoms with Gasteiger partial charge in [-0.15, -0.1) is 0 Å². The Hall–Kier alpha value is -1.48. The van der Waals surface area contributed by atoms with Gasteiger partial charge in [0.05, 0.1) is 11.5 Å². The zero-order valence-electron chi connectivity index (χ0n) is 16.5. The van der Waals surface area contributed by atoms with E-state index in [-0.39, 0.29) is 11.8 Å². The molecule has 1 aromatic carbocycles. The fourth-order valence-electron chi connectivity index (χ4n) is 3.10. The summed E-state index contributed by atoms with van der Waals surface area (Å²) in [6, 6.07) is 5.22. The molecule has 1 aliphatic rings. The van der Waals surface area contributed by atoms with Gasteiger partial charge in [-0.05, 0) is 49.9 Å². The van der Waals surface area contributed by atoms with Gasteiger partial charge in [0.25, 0.3) is 0 Å². The number of hydrogen-bond donors (Lipinski definition) is 2. The maximum absolute atomic E-state index is 12.8. The monoisotopic (exact) mass is 397 g/mol. The predicted octanol–water partition coefficient (Wildman–Crippen LogP) is 1.06. The largest absolute Gasteiger partial charge is 0.383 e. The fraction of sp³-hybridized carbons (Fsp3) is 0.632. The second-order valence-electron chi connectivity index (χ2n) is 6.96. The number of benzene rings is 1. The first-order chi connectivity index (χ1) is 12.9. The molecule has 8 heteroatoms. The molecule has 2 rings (SSSR count). The van der Waals surface area contributed by atoms with Crippen LogP contribution in [0.25, 0.3) is 0 Å². The molecule has 152 valence electrons. The van der Waals surface area contributed by atoms with Gasteiger partial charge in [0.15, 0.2) is 0 Å². The summed E-state index contributed by atoms with van der Waals surface area (Å²) in [5.74, 6) is -0.123. The van der Waals surface area contributed by atoms with Crippen molar-refractivity contribution in [2.75, 3.05) is 46.4 Å². The third-order valence-electron chi connectivity index (χ3n) is 5.02. The molecule has 1 amide bonds. The first-order valence-electron chi connectivity index (χ1n) is 9.41. The van der Waals surface area contributed by atoms with Crippen molar-refractivity contribution in [3.63, 3.8) is 0 Å². The molecule has 0 unspecified atom stereocenters. The maximum atomic E-state index is 12.8. The summed E-state index contributed by atoms with van der Waals surface area (Å²) in [5.41, 5.74) is 2.03. The van der Waals surface area contributed by atoms with Crippen molar-refractivity contribution in [3.05, 3.63) is 29.3 Å². The SMILES string of the molecule is COCCNCCNC(=O)C1CCN(S(=O)(=O)c2ccc(C)c(C)c2)CC1. The number of ether oxygens (including phenoxy) is 1. The van der Waals surface area contributed by atoms with E-state index in [1.54, 1.807) is 19.2 Å². The van der Waals surface area contributed by atoms with Gasteiger partial charge in [0.2, 0.25) is 15.9 Å². The average Bonchev–Trinajstić information content (AvgIpc) is 2.66. The Morgan fingerprint density at radius 2 is 1.85 bits per heavy atom. The zero-order valence-corrected chi connectivity index (χ0v) is 17.3. The van der Waals surface area contributed by atoms with E-state index in [1.165, 1.54) is 4.31 Å². The number of rotatable bonds is 9. The van der Waals surface area contributed by atoms with Crippen LogP contribution in [0.2, 0.25) is 0 Å². The Labute approximate surface area is 162 Å². The number of methoxy groups -OCH3 is 1. The third-order valence-corrected chi connectivity index (χ3v) is 6.92. The van der Waals surface area contributed by atoms with Gasteiger partial charge >= 0.3 is 0 Å². The van der Waals surface area contributed by atoms with Crippen molar-refractivity contribution >= 4 is 15.9 Å². The smallest absolute Gasteiger partial charge is 0.243 e. The van der Waals surface area contributed by atoms with Crippen molar-refractivity contribution in [2.24, 2.45) is 5.92 Å². The first kappa shape index (κ1) is 21.8. The van der Waals surface area contributed by atoms with E-state index in [0.717, 1.165) is 17.7 Å². The Bertz CT molecular complexity index is 728. The molecule has 1 heterocycles. The van der Waals surface area contributed by atoms with E-state index in [1.807, 2.05) is 19.9 Å². The molecule has 1 aromatic rings. The molecule has 7 nitrogen and oxygen atoms in total. The highest BCUT2D eigenvalue weighted by Crippen LogP contribution is 2.25. The molecule has 1 fully saturated rings. The minimum Gasteiger partial charge on any atom is -0.383 e. The van der Waals surface area contributed by atoms with Gasteiger partial charge in [0.1, 0.15) is 0 Å². The van der Waals surface area contributed by atoms with Crippen LogP contribution in [0.3, 0.4) is 0 Å². The second kappa shape index (κ2) is 10.2. The summed E-state index contributed by atoms with van der Waals surface area (Å²) in [7, 11) is -1.85. The Morgan fingerprint density at radius 1 is 1.15 bits per heavy atom. The summed E-state index contributed by atoms with van der Waals surface area (Å²) in [6.45, 7) is 7.26. The highest BCUT2D eigenvalue weighted by Gasteiger charge is 2.32. The number of hydrogen-bond acceptors (Lipinski definition) is 5. The van der Waals surface area contributed by atoms with Crippen LogP contribution in [0.4, 0.5) is 0 Å². The van der Waals surface area contributed by atoms with Gasteiger partial charge in [-0.25, -0.2) is 8.42 Å². The van der Waals surface area contributed by atoms with Crippen LogP contribution in [0, 0.1) is 19.8 Å². The molecule has 0 aliphatic carbocycles. The molecular weight excluding hydrogens is 366 g/mol. The fourth-order valence-corrected chi connectivity index (χ4v) is 4.65. The van der Waals surface area contributed by atoms with Gasteiger partial charge < -0.3 is 15.4 Å². The summed E-state index contributed by atoms with van der Waals surface area (Å²) in [4.78, 5) is 12.6.